The van der Waals surface area contributed by atoms with Crippen LogP contribution in [0.2, 0.25) is 0 Å². The standard InChI is InChI=1S/C8H13N3O4S2/c1-2-16(12,13)10-7-4-3-5-8(6-7)11-17(9,14)15/h3-6,10-11H,2H2,1H3,(H2,9,14,15). The van der Waals surface area contributed by atoms with Crippen molar-refractivity contribution >= 4 is 31.6 Å². The Morgan fingerprint density at radius 3 is 2.12 bits per heavy atom. The van der Waals surface area contributed by atoms with Crippen molar-refractivity contribution in [2.24, 2.45) is 5.14 Å². The van der Waals surface area contributed by atoms with Gasteiger partial charge < -0.3 is 0 Å². The molecule has 0 saturated heterocycles. The van der Waals surface area contributed by atoms with Crippen LogP contribution in [0.15, 0.2) is 24.3 Å². The Kier molecular flexibility index (Phi) is 3.96. The highest BCUT2D eigenvalue weighted by molar-refractivity contribution is 7.92. The van der Waals surface area contributed by atoms with E-state index in [9.17, 15) is 16.8 Å². The fraction of sp³-hybridized carbons (Fsp3) is 0.250. The summed E-state index contributed by atoms with van der Waals surface area (Å²) in [5.74, 6) is -0.0696. The second-order valence-electron chi connectivity index (χ2n) is 3.23. The second kappa shape index (κ2) is 4.90. The van der Waals surface area contributed by atoms with E-state index in [-0.39, 0.29) is 17.1 Å². The molecule has 0 aliphatic carbocycles. The lowest BCUT2D eigenvalue weighted by Gasteiger charge is -2.08. The maximum Gasteiger partial charge on any atom is 0.296 e. The zero-order valence-corrected chi connectivity index (χ0v) is 10.7. The average Bonchev–Trinajstić information content (AvgIpc) is 2.14. The third-order valence-electron chi connectivity index (χ3n) is 1.78. The van der Waals surface area contributed by atoms with E-state index in [0.29, 0.717) is 0 Å². The first-order valence-electron chi connectivity index (χ1n) is 4.63. The van der Waals surface area contributed by atoms with Gasteiger partial charge in [0.15, 0.2) is 0 Å². The quantitative estimate of drug-likeness (QED) is 0.706. The molecular weight excluding hydrogens is 266 g/mol. The van der Waals surface area contributed by atoms with Gasteiger partial charge in [-0.25, -0.2) is 13.6 Å². The Morgan fingerprint density at radius 1 is 1.12 bits per heavy atom. The number of rotatable bonds is 5. The molecule has 0 fully saturated rings. The Hall–Kier alpha value is -1.32. The first-order chi connectivity index (χ1) is 7.72. The monoisotopic (exact) mass is 279 g/mol. The molecular formula is C8H13N3O4S2. The number of benzene rings is 1. The topological polar surface area (TPSA) is 118 Å². The van der Waals surface area contributed by atoms with Crippen LogP contribution in [0.3, 0.4) is 0 Å². The highest BCUT2D eigenvalue weighted by atomic mass is 32.2. The van der Waals surface area contributed by atoms with Crippen LogP contribution in [0, 0.1) is 0 Å². The number of hydrogen-bond acceptors (Lipinski definition) is 4. The van der Waals surface area contributed by atoms with Gasteiger partial charge in [-0.05, 0) is 25.1 Å². The van der Waals surface area contributed by atoms with Crippen LogP contribution in [-0.4, -0.2) is 22.6 Å². The number of sulfonamides is 1. The molecule has 0 aliphatic rings. The van der Waals surface area contributed by atoms with Gasteiger partial charge in [-0.15, -0.1) is 0 Å². The molecule has 17 heavy (non-hydrogen) atoms. The molecule has 0 aliphatic heterocycles. The van der Waals surface area contributed by atoms with Crippen LogP contribution < -0.4 is 14.6 Å². The second-order valence-corrected chi connectivity index (χ2v) is 6.54. The lowest BCUT2D eigenvalue weighted by Crippen LogP contribution is -2.21. The van der Waals surface area contributed by atoms with Crippen molar-refractivity contribution in [3.05, 3.63) is 24.3 Å². The molecule has 4 N–H and O–H groups in total. The number of anilines is 2. The number of nitrogens with one attached hydrogen (secondary N) is 2. The minimum Gasteiger partial charge on any atom is -0.283 e. The first kappa shape index (κ1) is 13.7. The molecule has 0 unspecified atom stereocenters. The van der Waals surface area contributed by atoms with E-state index in [4.69, 9.17) is 5.14 Å². The van der Waals surface area contributed by atoms with Crippen molar-refractivity contribution in [1.29, 1.82) is 0 Å². The smallest absolute Gasteiger partial charge is 0.283 e. The zero-order chi connectivity index (χ0) is 13.1. The van der Waals surface area contributed by atoms with E-state index in [1.807, 2.05) is 4.72 Å². The van der Waals surface area contributed by atoms with Crippen molar-refractivity contribution in [2.75, 3.05) is 15.2 Å². The summed E-state index contributed by atoms with van der Waals surface area (Å²) in [6.07, 6.45) is 0. The fourth-order valence-corrected chi connectivity index (χ4v) is 2.15. The summed E-state index contributed by atoms with van der Waals surface area (Å²) >= 11 is 0. The molecule has 0 spiro atoms. The lowest BCUT2D eigenvalue weighted by atomic mass is 10.3. The Balaban J connectivity index is 2.95. The van der Waals surface area contributed by atoms with E-state index >= 15 is 0 Å². The largest absolute Gasteiger partial charge is 0.296 e. The molecule has 0 bridgehead atoms. The molecule has 7 nitrogen and oxygen atoms in total. The van der Waals surface area contributed by atoms with Crippen molar-refractivity contribution in [2.45, 2.75) is 6.92 Å². The summed E-state index contributed by atoms with van der Waals surface area (Å²) in [6.45, 7) is 1.49. The predicted molar refractivity (Wildman–Crippen MR) is 66.3 cm³/mol. The van der Waals surface area contributed by atoms with Crippen LogP contribution in [0.1, 0.15) is 6.92 Å². The van der Waals surface area contributed by atoms with Gasteiger partial charge in [0.05, 0.1) is 17.1 Å². The SMILES string of the molecule is CCS(=O)(=O)Nc1cccc(NS(N)(=O)=O)c1. The molecule has 1 aromatic carbocycles. The molecule has 9 heteroatoms. The van der Waals surface area contributed by atoms with Gasteiger partial charge in [0.1, 0.15) is 0 Å². The maximum absolute atomic E-state index is 11.3. The van der Waals surface area contributed by atoms with Gasteiger partial charge in [-0.1, -0.05) is 6.07 Å². The Morgan fingerprint density at radius 2 is 1.65 bits per heavy atom. The molecule has 1 aromatic rings. The number of nitrogens with two attached hydrogens (primary N) is 1. The van der Waals surface area contributed by atoms with E-state index in [0.717, 1.165) is 0 Å². The van der Waals surface area contributed by atoms with Crippen LogP contribution in [0.25, 0.3) is 0 Å². The highest BCUT2D eigenvalue weighted by Crippen LogP contribution is 2.16. The first-order valence-corrected chi connectivity index (χ1v) is 7.83. The third kappa shape index (κ3) is 5.02. The third-order valence-corrected chi connectivity index (χ3v) is 3.60. The van der Waals surface area contributed by atoms with E-state index < -0.39 is 20.2 Å². The van der Waals surface area contributed by atoms with Crippen LogP contribution in [0.5, 0.6) is 0 Å². The normalized spacial score (nSPS) is 12.1. The van der Waals surface area contributed by atoms with Gasteiger partial charge in [0.2, 0.25) is 10.0 Å². The molecule has 0 saturated carbocycles. The highest BCUT2D eigenvalue weighted by Gasteiger charge is 2.08. The molecule has 1 rings (SSSR count). The van der Waals surface area contributed by atoms with E-state index in [2.05, 4.69) is 4.72 Å². The Labute approximate surface area is 100 Å². The van der Waals surface area contributed by atoms with E-state index in [1.165, 1.54) is 31.2 Å². The van der Waals surface area contributed by atoms with Gasteiger partial charge >= 0.3 is 0 Å². The van der Waals surface area contributed by atoms with Gasteiger partial charge in [0, 0.05) is 0 Å². The summed E-state index contributed by atoms with van der Waals surface area (Å²) in [5, 5.41) is 4.79. The van der Waals surface area contributed by atoms with Crippen molar-refractivity contribution in [3.8, 4) is 0 Å². The molecule has 0 radical (unpaired) electrons. The minimum absolute atomic E-state index is 0.0696. The molecule has 96 valence electrons. The maximum atomic E-state index is 11.3. The van der Waals surface area contributed by atoms with Crippen LogP contribution >= 0.6 is 0 Å². The summed E-state index contributed by atoms with van der Waals surface area (Å²) in [5.41, 5.74) is 0.448. The van der Waals surface area contributed by atoms with Crippen molar-refractivity contribution in [1.82, 2.24) is 0 Å². The van der Waals surface area contributed by atoms with E-state index in [1.54, 1.807) is 0 Å². The summed E-state index contributed by atoms with van der Waals surface area (Å²) in [7, 11) is -7.26. The summed E-state index contributed by atoms with van der Waals surface area (Å²) < 4.78 is 48.5. The zero-order valence-electron chi connectivity index (χ0n) is 9.04. The van der Waals surface area contributed by atoms with Crippen molar-refractivity contribution in [3.63, 3.8) is 0 Å². The van der Waals surface area contributed by atoms with Crippen LogP contribution in [-0.2, 0) is 20.2 Å². The molecule has 0 amide bonds. The van der Waals surface area contributed by atoms with Gasteiger partial charge in [-0.2, -0.15) is 8.42 Å². The summed E-state index contributed by atoms with van der Waals surface area (Å²) in [4.78, 5) is 0. The molecule has 0 heterocycles. The Bertz CT molecular complexity index is 595. The molecule has 0 aromatic heterocycles. The number of hydrogen-bond donors (Lipinski definition) is 3. The fourth-order valence-electron chi connectivity index (χ4n) is 1.06. The van der Waals surface area contributed by atoms with Gasteiger partial charge in [-0.3, -0.25) is 9.44 Å². The lowest BCUT2D eigenvalue weighted by molar-refractivity contribution is 0.601. The average molecular weight is 279 g/mol. The predicted octanol–water partition coefficient (Wildman–Crippen LogP) is 0.0636. The van der Waals surface area contributed by atoms with Crippen molar-refractivity contribution < 1.29 is 16.8 Å². The van der Waals surface area contributed by atoms with Gasteiger partial charge in [0.25, 0.3) is 10.2 Å². The minimum atomic E-state index is -3.87. The molecule has 0 atom stereocenters. The summed E-state index contributed by atoms with van der Waals surface area (Å²) in [6, 6.07) is 5.79. The van der Waals surface area contributed by atoms with Crippen LogP contribution in [0.4, 0.5) is 11.4 Å².